The summed E-state index contributed by atoms with van der Waals surface area (Å²) in [5, 5.41) is 28.3. The third-order valence-electron chi connectivity index (χ3n) is 2.50. The molecule has 0 aliphatic heterocycles. The molecule has 0 spiro atoms. The van der Waals surface area contributed by atoms with Crippen LogP contribution >= 0.6 is 21.6 Å². The fraction of sp³-hybridized carbons (Fsp3) is 0.636. The van der Waals surface area contributed by atoms with Crippen molar-refractivity contribution in [2.24, 2.45) is 11.5 Å². The molecule has 0 saturated heterocycles. The Hall–Kier alpha value is -1.50. The number of amides is 1. The topological polar surface area (TPSA) is 193 Å². The van der Waals surface area contributed by atoms with Crippen molar-refractivity contribution in [1.29, 1.82) is 0 Å². The van der Waals surface area contributed by atoms with Crippen LogP contribution in [0.5, 0.6) is 0 Å². The van der Waals surface area contributed by atoms with E-state index >= 15 is 0 Å². The Kier molecular flexibility index (Phi) is 10.4. The maximum absolute atomic E-state index is 11.7. The molecule has 12 heteroatoms. The van der Waals surface area contributed by atoms with Gasteiger partial charge in [-0.25, -0.2) is 4.79 Å². The van der Waals surface area contributed by atoms with E-state index in [1.54, 1.807) is 0 Å². The Bertz CT molecular complexity index is 449. The standard InChI is InChI=1S/C11H19N3O7S2/c12-5(1-2-8(15)16)9(17)14-7(11(20)21)4-23-22-3-6(13)10(18)19/h5-7H,1-4,12-13H2,(H,14,17)(H,15,16)(H,18,19)(H,20,21)/t5-,6-,7-/m0/s1. The lowest BCUT2D eigenvalue weighted by Crippen LogP contribution is -2.49. The van der Waals surface area contributed by atoms with Crippen LogP contribution in [0.25, 0.3) is 0 Å². The van der Waals surface area contributed by atoms with Crippen molar-refractivity contribution in [2.45, 2.75) is 31.0 Å². The first-order valence-corrected chi connectivity index (χ1v) is 8.87. The number of nitrogens with one attached hydrogen (secondary N) is 1. The van der Waals surface area contributed by atoms with E-state index in [1.807, 2.05) is 0 Å². The molecule has 0 unspecified atom stereocenters. The minimum Gasteiger partial charge on any atom is -0.481 e. The van der Waals surface area contributed by atoms with E-state index in [0.717, 1.165) is 21.6 Å². The van der Waals surface area contributed by atoms with Crippen LogP contribution in [0.1, 0.15) is 12.8 Å². The molecule has 132 valence electrons. The van der Waals surface area contributed by atoms with Crippen LogP contribution in [0.3, 0.4) is 0 Å². The Labute approximate surface area is 139 Å². The lowest BCUT2D eigenvalue weighted by atomic mass is 10.1. The Morgan fingerprint density at radius 2 is 1.48 bits per heavy atom. The average Bonchev–Trinajstić information content (AvgIpc) is 2.46. The first-order chi connectivity index (χ1) is 10.6. The highest BCUT2D eigenvalue weighted by Crippen LogP contribution is 2.22. The number of carbonyl (C=O) groups excluding carboxylic acids is 1. The van der Waals surface area contributed by atoms with Gasteiger partial charge < -0.3 is 32.1 Å². The van der Waals surface area contributed by atoms with E-state index in [2.05, 4.69) is 5.32 Å². The van der Waals surface area contributed by atoms with Crippen molar-refractivity contribution in [3.8, 4) is 0 Å². The van der Waals surface area contributed by atoms with Gasteiger partial charge in [0.15, 0.2) is 0 Å². The first-order valence-electron chi connectivity index (χ1n) is 6.38. The number of rotatable bonds is 12. The van der Waals surface area contributed by atoms with E-state index in [4.69, 9.17) is 26.8 Å². The number of nitrogens with two attached hydrogens (primary N) is 2. The summed E-state index contributed by atoms with van der Waals surface area (Å²) >= 11 is 0. The summed E-state index contributed by atoms with van der Waals surface area (Å²) < 4.78 is 0. The first kappa shape index (κ1) is 21.5. The summed E-state index contributed by atoms with van der Waals surface area (Å²) in [6.45, 7) is 0. The number of carboxylic acid groups (broad SMARTS) is 3. The van der Waals surface area contributed by atoms with Crippen molar-refractivity contribution < 1.29 is 34.5 Å². The molecule has 3 atom stereocenters. The smallest absolute Gasteiger partial charge is 0.327 e. The highest BCUT2D eigenvalue weighted by atomic mass is 33.1. The predicted molar refractivity (Wildman–Crippen MR) is 84.9 cm³/mol. The van der Waals surface area contributed by atoms with Gasteiger partial charge in [-0.1, -0.05) is 21.6 Å². The molecule has 0 rings (SSSR count). The van der Waals surface area contributed by atoms with Gasteiger partial charge in [0.2, 0.25) is 5.91 Å². The van der Waals surface area contributed by atoms with E-state index in [0.29, 0.717) is 0 Å². The lowest BCUT2D eigenvalue weighted by Gasteiger charge is -2.17. The highest BCUT2D eigenvalue weighted by molar-refractivity contribution is 8.76. The van der Waals surface area contributed by atoms with Crippen LogP contribution in [0.15, 0.2) is 0 Å². The van der Waals surface area contributed by atoms with E-state index in [1.165, 1.54) is 0 Å². The largest absolute Gasteiger partial charge is 0.481 e. The monoisotopic (exact) mass is 369 g/mol. The number of hydrogen-bond acceptors (Lipinski definition) is 8. The minimum atomic E-state index is -1.28. The molecule has 0 aromatic carbocycles. The molecule has 0 aromatic rings. The van der Waals surface area contributed by atoms with Gasteiger partial charge in [0.25, 0.3) is 0 Å². The zero-order valence-electron chi connectivity index (χ0n) is 12.0. The average molecular weight is 369 g/mol. The quantitative estimate of drug-likeness (QED) is 0.174. The van der Waals surface area contributed by atoms with Gasteiger partial charge in [-0.3, -0.25) is 14.4 Å². The molecule has 0 fully saturated rings. The molecule has 0 aliphatic rings. The number of carboxylic acids is 3. The van der Waals surface area contributed by atoms with Crippen molar-refractivity contribution in [1.82, 2.24) is 5.32 Å². The highest BCUT2D eigenvalue weighted by Gasteiger charge is 2.24. The Morgan fingerprint density at radius 1 is 0.913 bits per heavy atom. The van der Waals surface area contributed by atoms with Crippen molar-refractivity contribution in [3.63, 3.8) is 0 Å². The molecule has 8 N–H and O–H groups in total. The maximum atomic E-state index is 11.7. The molecule has 0 bridgehead atoms. The van der Waals surface area contributed by atoms with Crippen LogP contribution in [0.4, 0.5) is 0 Å². The maximum Gasteiger partial charge on any atom is 0.327 e. The van der Waals surface area contributed by atoms with Gasteiger partial charge >= 0.3 is 17.9 Å². The van der Waals surface area contributed by atoms with Crippen LogP contribution in [0.2, 0.25) is 0 Å². The molecule has 0 heterocycles. The third kappa shape index (κ3) is 9.99. The molecular weight excluding hydrogens is 350 g/mol. The van der Waals surface area contributed by atoms with Gasteiger partial charge in [0, 0.05) is 17.9 Å². The second kappa shape index (κ2) is 11.1. The van der Waals surface area contributed by atoms with Crippen LogP contribution in [-0.4, -0.2) is 68.8 Å². The SMILES string of the molecule is N[C@@H](CSSC[C@H](NC(=O)[C@@H](N)CCC(=O)O)C(=O)O)C(=O)O. The molecule has 23 heavy (non-hydrogen) atoms. The van der Waals surface area contributed by atoms with Gasteiger partial charge in [-0.15, -0.1) is 0 Å². The fourth-order valence-electron chi connectivity index (χ4n) is 1.17. The van der Waals surface area contributed by atoms with Crippen LogP contribution in [0, 0.1) is 0 Å². The van der Waals surface area contributed by atoms with Gasteiger partial charge in [-0.2, -0.15) is 0 Å². The Morgan fingerprint density at radius 3 is 1.96 bits per heavy atom. The van der Waals surface area contributed by atoms with Gasteiger partial charge in [-0.05, 0) is 6.42 Å². The number of aliphatic carboxylic acids is 3. The molecule has 0 aromatic heterocycles. The molecular formula is C11H19N3O7S2. The normalized spacial score (nSPS) is 14.5. The van der Waals surface area contributed by atoms with E-state index in [9.17, 15) is 19.2 Å². The zero-order valence-corrected chi connectivity index (χ0v) is 13.6. The van der Waals surface area contributed by atoms with Crippen LogP contribution in [-0.2, 0) is 19.2 Å². The molecule has 0 saturated carbocycles. The fourth-order valence-corrected chi connectivity index (χ4v) is 3.44. The summed E-state index contributed by atoms with van der Waals surface area (Å²) in [6, 6.07) is -3.40. The summed E-state index contributed by atoms with van der Waals surface area (Å²) in [7, 11) is 2.12. The van der Waals surface area contributed by atoms with Crippen LogP contribution < -0.4 is 16.8 Å². The summed E-state index contributed by atoms with van der Waals surface area (Å²) in [5.41, 5.74) is 10.8. The molecule has 0 radical (unpaired) electrons. The molecule has 0 aliphatic carbocycles. The molecule has 1 amide bonds. The van der Waals surface area contributed by atoms with E-state index < -0.39 is 41.9 Å². The number of hydrogen-bond donors (Lipinski definition) is 6. The van der Waals surface area contributed by atoms with E-state index in [-0.39, 0.29) is 24.3 Å². The number of carbonyl (C=O) groups is 4. The summed E-state index contributed by atoms with van der Waals surface area (Å²) in [4.78, 5) is 43.7. The third-order valence-corrected chi connectivity index (χ3v) is 4.95. The zero-order chi connectivity index (χ0) is 18.0. The van der Waals surface area contributed by atoms with Gasteiger partial charge in [0.05, 0.1) is 6.04 Å². The van der Waals surface area contributed by atoms with Crippen molar-refractivity contribution in [2.75, 3.05) is 11.5 Å². The van der Waals surface area contributed by atoms with Crippen molar-refractivity contribution >= 4 is 45.4 Å². The lowest BCUT2D eigenvalue weighted by molar-refractivity contribution is -0.141. The second-order valence-electron chi connectivity index (χ2n) is 4.45. The van der Waals surface area contributed by atoms with Crippen molar-refractivity contribution in [3.05, 3.63) is 0 Å². The minimum absolute atomic E-state index is 0.0241. The van der Waals surface area contributed by atoms with Gasteiger partial charge in [0.1, 0.15) is 12.1 Å². The summed E-state index contributed by atoms with van der Waals surface area (Å²) in [5.74, 6) is -4.25. The second-order valence-corrected chi connectivity index (χ2v) is 7.00. The Balaban J connectivity index is 4.25. The predicted octanol–water partition coefficient (Wildman–Crippen LogP) is -1.46. The summed E-state index contributed by atoms with van der Waals surface area (Å²) in [6.07, 6.45) is -0.410. The molecule has 10 nitrogen and oxygen atoms in total.